The van der Waals surface area contributed by atoms with Crippen LogP contribution in [0.25, 0.3) is 0 Å². The molecule has 1 rings (SSSR count). The fourth-order valence-electron chi connectivity index (χ4n) is 2.56. The third-order valence-electron chi connectivity index (χ3n) is 3.31. The van der Waals surface area contributed by atoms with Gasteiger partial charge in [-0.15, -0.1) is 0 Å². The van der Waals surface area contributed by atoms with Crippen LogP contribution in [0.5, 0.6) is 0 Å². The van der Waals surface area contributed by atoms with Gasteiger partial charge in [-0.3, -0.25) is 4.79 Å². The first-order valence-corrected chi connectivity index (χ1v) is 8.33. The van der Waals surface area contributed by atoms with Crippen LogP contribution in [-0.4, -0.2) is 51.9 Å². The number of hydrogen-bond acceptors (Lipinski definition) is 5. The summed E-state index contributed by atoms with van der Waals surface area (Å²) >= 11 is 0. The van der Waals surface area contributed by atoms with Gasteiger partial charge >= 0.3 is 11.9 Å². The molecule has 0 bridgehead atoms. The molecule has 8 heteroatoms. The fourth-order valence-corrected chi connectivity index (χ4v) is 2.56. The zero-order valence-electron chi connectivity index (χ0n) is 15.3. The van der Waals surface area contributed by atoms with E-state index < -0.39 is 11.9 Å². The van der Waals surface area contributed by atoms with Crippen LogP contribution in [0.2, 0.25) is 0 Å². The summed E-state index contributed by atoms with van der Waals surface area (Å²) in [5.74, 6) is -1.77. The van der Waals surface area contributed by atoms with E-state index in [-0.39, 0.29) is 24.6 Å². The van der Waals surface area contributed by atoms with Crippen LogP contribution in [0, 0.1) is 5.92 Å². The number of aliphatic hydroxyl groups excluding tert-OH is 1. The molecule has 0 aliphatic heterocycles. The summed E-state index contributed by atoms with van der Waals surface area (Å²) in [7, 11) is 0. The van der Waals surface area contributed by atoms with Crippen molar-refractivity contribution in [3.05, 3.63) is 12.2 Å². The van der Waals surface area contributed by atoms with Gasteiger partial charge in [-0.25, -0.2) is 9.59 Å². The Morgan fingerprint density at radius 3 is 1.84 bits per heavy atom. The van der Waals surface area contributed by atoms with Crippen LogP contribution in [0.1, 0.15) is 52.9 Å². The first-order chi connectivity index (χ1) is 11.6. The van der Waals surface area contributed by atoms with Crippen molar-refractivity contribution >= 4 is 17.8 Å². The molecule has 1 aliphatic carbocycles. The van der Waals surface area contributed by atoms with E-state index >= 15 is 0 Å². The standard InChI is InChI=1S/C11H22N2O.C4H4O4.C2H6O/c1-11(2,13-10(14)8-12)7-9-5-3-4-6-9;5-3(6)1-2-4(7)8;1-2-3/h9H,3-8,12H2,1-2H3,(H,13,14);1-2H,(H,5,6)(H,7,8);3H,2H2,1H3/b;2-1+;. The normalized spacial score (nSPS) is 14.1. The summed E-state index contributed by atoms with van der Waals surface area (Å²) < 4.78 is 0. The maximum atomic E-state index is 11.2. The molecule has 0 aromatic rings. The molecule has 0 aromatic heterocycles. The molecule has 0 unspecified atom stereocenters. The lowest BCUT2D eigenvalue weighted by atomic mass is 9.89. The first-order valence-electron chi connectivity index (χ1n) is 8.33. The molecule has 1 saturated carbocycles. The number of carboxylic acids is 2. The molecule has 146 valence electrons. The first kappa shape index (κ1) is 25.3. The van der Waals surface area contributed by atoms with Gasteiger partial charge in [0.1, 0.15) is 0 Å². The molecule has 8 nitrogen and oxygen atoms in total. The molecule has 0 aromatic carbocycles. The highest BCUT2D eigenvalue weighted by Gasteiger charge is 2.26. The van der Waals surface area contributed by atoms with Gasteiger partial charge in [0, 0.05) is 24.3 Å². The van der Waals surface area contributed by atoms with Crippen molar-refractivity contribution in [2.24, 2.45) is 11.7 Å². The van der Waals surface area contributed by atoms with E-state index in [9.17, 15) is 14.4 Å². The van der Waals surface area contributed by atoms with E-state index in [0.29, 0.717) is 12.2 Å². The summed E-state index contributed by atoms with van der Waals surface area (Å²) in [4.78, 5) is 30.3. The zero-order valence-corrected chi connectivity index (χ0v) is 15.3. The molecule has 0 spiro atoms. The van der Waals surface area contributed by atoms with Crippen molar-refractivity contribution in [3.8, 4) is 0 Å². The van der Waals surface area contributed by atoms with Gasteiger partial charge in [-0.2, -0.15) is 0 Å². The molecule has 1 aliphatic rings. The summed E-state index contributed by atoms with van der Waals surface area (Å²) in [6.07, 6.45) is 7.55. The number of carbonyl (C=O) groups excluding carboxylic acids is 1. The third kappa shape index (κ3) is 18.3. The van der Waals surface area contributed by atoms with Crippen molar-refractivity contribution in [1.82, 2.24) is 5.32 Å². The number of carbonyl (C=O) groups is 3. The number of rotatable bonds is 6. The largest absolute Gasteiger partial charge is 0.478 e. The highest BCUT2D eigenvalue weighted by atomic mass is 16.4. The average molecular weight is 360 g/mol. The summed E-state index contributed by atoms with van der Waals surface area (Å²) in [5.41, 5.74) is 5.18. The molecule has 25 heavy (non-hydrogen) atoms. The quantitative estimate of drug-likeness (QED) is 0.445. The van der Waals surface area contributed by atoms with Crippen molar-refractivity contribution in [2.75, 3.05) is 13.2 Å². The average Bonchev–Trinajstić information content (AvgIpc) is 2.98. The van der Waals surface area contributed by atoms with Gasteiger partial charge in [0.15, 0.2) is 0 Å². The maximum absolute atomic E-state index is 11.2. The second-order valence-electron chi connectivity index (χ2n) is 6.32. The van der Waals surface area contributed by atoms with Crippen LogP contribution < -0.4 is 11.1 Å². The van der Waals surface area contributed by atoms with Crippen LogP contribution in [0.15, 0.2) is 12.2 Å². The minimum absolute atomic E-state index is 0.0482. The number of nitrogens with two attached hydrogens (primary N) is 1. The monoisotopic (exact) mass is 360 g/mol. The molecule has 1 fully saturated rings. The van der Waals surface area contributed by atoms with E-state index in [1.807, 2.05) is 0 Å². The lowest BCUT2D eigenvalue weighted by Crippen LogP contribution is -2.46. The lowest BCUT2D eigenvalue weighted by Gasteiger charge is -2.29. The number of aliphatic carboxylic acids is 2. The highest BCUT2D eigenvalue weighted by molar-refractivity contribution is 5.89. The summed E-state index contributed by atoms with van der Waals surface area (Å²) in [5, 5.41) is 26.2. The van der Waals surface area contributed by atoms with Crippen molar-refractivity contribution < 1.29 is 29.7 Å². The predicted octanol–water partition coefficient (Wildman–Crippen LogP) is 1.13. The highest BCUT2D eigenvalue weighted by Crippen LogP contribution is 2.31. The van der Waals surface area contributed by atoms with Gasteiger partial charge in [0.25, 0.3) is 0 Å². The molecule has 0 atom stereocenters. The Morgan fingerprint density at radius 2 is 1.52 bits per heavy atom. The van der Waals surface area contributed by atoms with E-state index in [1.165, 1.54) is 25.7 Å². The van der Waals surface area contributed by atoms with Crippen LogP contribution in [0.3, 0.4) is 0 Å². The van der Waals surface area contributed by atoms with Crippen molar-refractivity contribution in [1.29, 1.82) is 0 Å². The van der Waals surface area contributed by atoms with Gasteiger partial charge in [0.2, 0.25) is 5.91 Å². The number of aliphatic hydroxyl groups is 1. The SMILES string of the molecule is CC(C)(CC1CCCC1)NC(=O)CN.CCO.O=C(O)/C=C/C(=O)O. The number of hydrogen-bond donors (Lipinski definition) is 5. The fraction of sp³-hybridized carbons (Fsp3) is 0.706. The third-order valence-corrected chi connectivity index (χ3v) is 3.31. The Morgan fingerprint density at radius 1 is 1.12 bits per heavy atom. The van der Waals surface area contributed by atoms with Crippen molar-refractivity contribution in [2.45, 2.75) is 58.4 Å². The molecular formula is C17H32N2O6. The second kappa shape index (κ2) is 14.4. The Hall–Kier alpha value is -1.93. The molecule has 6 N–H and O–H groups in total. The predicted molar refractivity (Wildman–Crippen MR) is 95.0 cm³/mol. The number of amides is 1. The second-order valence-corrected chi connectivity index (χ2v) is 6.32. The van der Waals surface area contributed by atoms with Crippen molar-refractivity contribution in [3.63, 3.8) is 0 Å². The number of carboxylic acid groups (broad SMARTS) is 2. The molecule has 1 amide bonds. The Kier molecular flexibility index (Phi) is 14.6. The van der Waals surface area contributed by atoms with E-state index in [0.717, 1.165) is 12.3 Å². The van der Waals surface area contributed by atoms with Gasteiger partial charge in [0.05, 0.1) is 6.54 Å². The van der Waals surface area contributed by atoms with E-state index in [2.05, 4.69) is 19.2 Å². The van der Waals surface area contributed by atoms with E-state index in [4.69, 9.17) is 21.1 Å². The van der Waals surface area contributed by atoms with Gasteiger partial charge < -0.3 is 26.4 Å². The summed E-state index contributed by atoms with van der Waals surface area (Å²) in [6, 6.07) is 0. The van der Waals surface area contributed by atoms with Crippen LogP contribution in [0.4, 0.5) is 0 Å². The van der Waals surface area contributed by atoms with Gasteiger partial charge in [-0.05, 0) is 33.1 Å². The Labute approximate surface area is 149 Å². The minimum Gasteiger partial charge on any atom is -0.478 e. The molecular weight excluding hydrogens is 328 g/mol. The topological polar surface area (TPSA) is 150 Å². The summed E-state index contributed by atoms with van der Waals surface area (Å²) in [6.45, 7) is 6.19. The van der Waals surface area contributed by atoms with Crippen LogP contribution in [-0.2, 0) is 14.4 Å². The van der Waals surface area contributed by atoms with E-state index in [1.54, 1.807) is 6.92 Å². The minimum atomic E-state index is -1.26. The van der Waals surface area contributed by atoms with Crippen LogP contribution >= 0.6 is 0 Å². The maximum Gasteiger partial charge on any atom is 0.328 e. The smallest absolute Gasteiger partial charge is 0.328 e. The number of nitrogens with one attached hydrogen (secondary N) is 1. The zero-order chi connectivity index (χ0) is 19.9. The molecule has 0 heterocycles. The van der Waals surface area contributed by atoms with Gasteiger partial charge in [-0.1, -0.05) is 25.7 Å². The molecule has 0 saturated heterocycles. The molecule has 0 radical (unpaired) electrons. The Bertz CT molecular complexity index is 413. The Balaban J connectivity index is 0. The lowest BCUT2D eigenvalue weighted by molar-refractivity contribution is -0.134.